The van der Waals surface area contributed by atoms with Crippen molar-refractivity contribution in [2.45, 2.75) is 0 Å². The van der Waals surface area contributed by atoms with Gasteiger partial charge in [-0.3, -0.25) is 4.90 Å². The minimum atomic E-state index is 0.817. The third-order valence-electron chi connectivity index (χ3n) is 10.4. The monoisotopic (exact) mass is 675 g/mol. The molecule has 3 nitrogen and oxygen atoms in total. The summed E-state index contributed by atoms with van der Waals surface area (Å²) in [6.45, 7) is 0. The molecule has 3 heteroatoms. The molecule has 53 heavy (non-hydrogen) atoms. The zero-order valence-corrected chi connectivity index (χ0v) is 28.9. The molecule has 0 atom stereocenters. The quantitative estimate of drug-likeness (QED) is 0.164. The number of fused-ring (bicyclic) bond motifs is 4. The second-order valence-electron chi connectivity index (χ2n) is 13.4. The maximum absolute atomic E-state index is 4.67. The van der Waals surface area contributed by atoms with Crippen LogP contribution in [0.3, 0.4) is 0 Å². The van der Waals surface area contributed by atoms with E-state index in [9.17, 15) is 0 Å². The summed E-state index contributed by atoms with van der Waals surface area (Å²) in [5.41, 5.74) is 8.30. The van der Waals surface area contributed by atoms with Crippen molar-refractivity contribution in [2.75, 3.05) is 4.90 Å². The van der Waals surface area contributed by atoms with E-state index in [0.717, 1.165) is 28.5 Å². The lowest BCUT2D eigenvalue weighted by molar-refractivity contribution is 1.13. The molecule has 0 saturated carbocycles. The van der Waals surface area contributed by atoms with Crippen LogP contribution in [0.15, 0.2) is 200 Å². The van der Waals surface area contributed by atoms with Crippen LogP contribution in [0.4, 0.5) is 17.3 Å². The van der Waals surface area contributed by atoms with Gasteiger partial charge in [-0.25, -0.2) is 9.97 Å². The Morgan fingerprint density at radius 3 is 1.32 bits per heavy atom. The summed E-state index contributed by atoms with van der Waals surface area (Å²) < 4.78 is 0. The van der Waals surface area contributed by atoms with Gasteiger partial charge in [0.1, 0.15) is 11.6 Å². The molecule has 0 aliphatic heterocycles. The van der Waals surface area contributed by atoms with E-state index in [0.29, 0.717) is 0 Å². The molecule has 0 fully saturated rings. The average molecular weight is 676 g/mol. The van der Waals surface area contributed by atoms with Gasteiger partial charge < -0.3 is 0 Å². The smallest absolute Gasteiger partial charge is 0.138 e. The van der Waals surface area contributed by atoms with Crippen LogP contribution in [0.25, 0.3) is 76.5 Å². The van der Waals surface area contributed by atoms with Gasteiger partial charge in [-0.1, -0.05) is 146 Å². The molecule has 0 spiro atoms. The first-order chi connectivity index (χ1) is 26.3. The van der Waals surface area contributed by atoms with Gasteiger partial charge in [0, 0.05) is 18.1 Å². The van der Waals surface area contributed by atoms with Crippen LogP contribution in [0.1, 0.15) is 0 Å². The van der Waals surface area contributed by atoms with Crippen molar-refractivity contribution in [2.24, 2.45) is 0 Å². The third-order valence-corrected chi connectivity index (χ3v) is 10.4. The molecule has 10 aromatic rings. The second kappa shape index (κ2) is 12.9. The van der Waals surface area contributed by atoms with Crippen molar-refractivity contribution in [3.05, 3.63) is 200 Å². The fourth-order valence-electron chi connectivity index (χ4n) is 7.98. The first-order valence-corrected chi connectivity index (χ1v) is 18.0. The second-order valence-corrected chi connectivity index (χ2v) is 13.4. The SMILES string of the molecule is c1ccc(N(c2ccc(-c3ccc4c(-c5cccc6ccccc56)c5ccccc5c(-c5cccc6ccccc56)c4c3)cc2)c2ccccn2)nc1. The molecule has 0 aliphatic carbocycles. The van der Waals surface area contributed by atoms with E-state index < -0.39 is 0 Å². The molecule has 0 bridgehead atoms. The number of hydrogen-bond donors (Lipinski definition) is 0. The van der Waals surface area contributed by atoms with Crippen LogP contribution in [0.5, 0.6) is 0 Å². The van der Waals surface area contributed by atoms with E-state index in [1.54, 1.807) is 0 Å². The highest BCUT2D eigenvalue weighted by Crippen LogP contribution is 2.47. The number of benzene rings is 8. The highest BCUT2D eigenvalue weighted by atomic mass is 15.2. The molecule has 2 aromatic heterocycles. The summed E-state index contributed by atoms with van der Waals surface area (Å²) in [6.07, 6.45) is 3.64. The topological polar surface area (TPSA) is 29.0 Å². The summed E-state index contributed by atoms with van der Waals surface area (Å²) in [6, 6.07) is 67.4. The van der Waals surface area contributed by atoms with Crippen LogP contribution >= 0.6 is 0 Å². The van der Waals surface area contributed by atoms with Crippen LogP contribution in [-0.2, 0) is 0 Å². The van der Waals surface area contributed by atoms with Crippen LogP contribution < -0.4 is 4.90 Å². The molecule has 0 unspecified atom stereocenters. The molecular formula is C50H33N3. The molecule has 0 radical (unpaired) electrons. The van der Waals surface area contributed by atoms with E-state index in [1.165, 1.54) is 65.3 Å². The van der Waals surface area contributed by atoms with Gasteiger partial charge in [0.05, 0.1) is 0 Å². The predicted molar refractivity (Wildman–Crippen MR) is 223 cm³/mol. The van der Waals surface area contributed by atoms with Gasteiger partial charge in [-0.2, -0.15) is 0 Å². The van der Waals surface area contributed by atoms with Gasteiger partial charge in [0.2, 0.25) is 0 Å². The van der Waals surface area contributed by atoms with Crippen LogP contribution in [-0.4, -0.2) is 9.97 Å². The van der Waals surface area contributed by atoms with Crippen molar-refractivity contribution < 1.29 is 0 Å². The maximum atomic E-state index is 4.67. The summed E-state index contributed by atoms with van der Waals surface area (Å²) >= 11 is 0. The standard InChI is InChI=1S/C50H33N3/c1-3-17-39-35(13-1)15-11-21-41(39)49-43-19-5-6-20-44(43)50(42-22-12-16-36-14-2-4-18-40(36)42)46-33-37(27-30-45(46)49)34-25-28-38(29-26-34)53(47-23-7-9-31-51-47)48-24-8-10-32-52-48/h1-33H. The van der Waals surface area contributed by atoms with Gasteiger partial charge in [0.15, 0.2) is 0 Å². The minimum absolute atomic E-state index is 0.817. The lowest BCUT2D eigenvalue weighted by atomic mass is 9.83. The highest BCUT2D eigenvalue weighted by molar-refractivity contribution is 6.25. The van der Waals surface area contributed by atoms with Crippen LogP contribution in [0.2, 0.25) is 0 Å². The number of aromatic nitrogens is 2. The molecule has 0 amide bonds. The summed E-state index contributed by atoms with van der Waals surface area (Å²) in [5.74, 6) is 1.63. The summed E-state index contributed by atoms with van der Waals surface area (Å²) in [5, 5.41) is 9.93. The minimum Gasteiger partial charge on any atom is -0.279 e. The van der Waals surface area contributed by atoms with E-state index >= 15 is 0 Å². The van der Waals surface area contributed by atoms with E-state index in [4.69, 9.17) is 0 Å². The number of hydrogen-bond acceptors (Lipinski definition) is 3. The number of rotatable bonds is 6. The zero-order chi connectivity index (χ0) is 35.1. The first kappa shape index (κ1) is 30.7. The fourth-order valence-corrected chi connectivity index (χ4v) is 7.98. The Morgan fingerprint density at radius 1 is 0.321 bits per heavy atom. The lowest BCUT2D eigenvalue weighted by Gasteiger charge is -2.23. The van der Waals surface area contributed by atoms with Crippen LogP contribution in [0, 0.1) is 0 Å². The summed E-state index contributed by atoms with van der Waals surface area (Å²) in [7, 11) is 0. The van der Waals surface area contributed by atoms with Crippen molar-refractivity contribution in [3.63, 3.8) is 0 Å². The van der Waals surface area contributed by atoms with Gasteiger partial charge in [-0.05, 0) is 119 Å². The van der Waals surface area contributed by atoms with Crippen molar-refractivity contribution >= 4 is 60.4 Å². The number of pyridine rings is 2. The molecular weight excluding hydrogens is 643 g/mol. The molecule has 8 aromatic carbocycles. The molecule has 10 rings (SSSR count). The Bertz CT molecular complexity index is 2890. The van der Waals surface area contributed by atoms with E-state index in [-0.39, 0.29) is 0 Å². The van der Waals surface area contributed by atoms with Crippen molar-refractivity contribution in [1.29, 1.82) is 0 Å². The maximum Gasteiger partial charge on any atom is 0.138 e. The predicted octanol–water partition coefficient (Wildman–Crippen LogP) is 13.6. The molecule has 0 N–H and O–H groups in total. The molecule has 248 valence electrons. The average Bonchev–Trinajstić information content (AvgIpc) is 3.23. The van der Waals surface area contributed by atoms with Crippen molar-refractivity contribution in [1.82, 2.24) is 9.97 Å². The van der Waals surface area contributed by atoms with E-state index in [2.05, 4.69) is 167 Å². The third kappa shape index (κ3) is 5.30. The first-order valence-electron chi connectivity index (χ1n) is 18.0. The number of nitrogens with zero attached hydrogens (tertiary/aromatic N) is 3. The Kier molecular flexibility index (Phi) is 7.47. The Morgan fingerprint density at radius 2 is 0.774 bits per heavy atom. The molecule has 0 saturated heterocycles. The van der Waals surface area contributed by atoms with Gasteiger partial charge in [-0.15, -0.1) is 0 Å². The molecule has 2 heterocycles. The highest BCUT2D eigenvalue weighted by Gasteiger charge is 2.20. The molecule has 0 aliphatic rings. The number of anilines is 3. The fraction of sp³-hybridized carbons (Fsp3) is 0. The van der Waals surface area contributed by atoms with E-state index in [1.807, 2.05) is 48.8 Å². The van der Waals surface area contributed by atoms with Crippen molar-refractivity contribution in [3.8, 4) is 33.4 Å². The Labute approximate surface area is 308 Å². The summed E-state index contributed by atoms with van der Waals surface area (Å²) in [4.78, 5) is 11.4. The Hall–Kier alpha value is -7.10. The van der Waals surface area contributed by atoms with Gasteiger partial charge in [0.25, 0.3) is 0 Å². The zero-order valence-electron chi connectivity index (χ0n) is 28.9. The lowest BCUT2D eigenvalue weighted by Crippen LogP contribution is -2.12. The normalized spacial score (nSPS) is 11.4. The van der Waals surface area contributed by atoms with Gasteiger partial charge >= 0.3 is 0 Å². The largest absolute Gasteiger partial charge is 0.279 e. The Balaban J connectivity index is 1.22.